The monoisotopic (exact) mass is 459 g/mol. The summed E-state index contributed by atoms with van der Waals surface area (Å²) in [5.41, 5.74) is -4.82. The van der Waals surface area contributed by atoms with Crippen molar-refractivity contribution in [3.63, 3.8) is 0 Å². The van der Waals surface area contributed by atoms with Crippen LogP contribution >= 0.6 is 0 Å². The lowest BCUT2D eigenvalue weighted by Crippen LogP contribution is -2.47. The molecule has 0 saturated carbocycles. The molecule has 0 radical (unpaired) electrons. The number of nitrogens with zero attached hydrogens (tertiary/aromatic N) is 6. The molecule has 0 spiro atoms. The predicted molar refractivity (Wildman–Crippen MR) is 89.2 cm³/mol. The fraction of sp³-hybridized carbons (Fsp3) is 0.400. The third kappa shape index (κ3) is 4.28. The summed E-state index contributed by atoms with van der Waals surface area (Å²) in [4.78, 5) is 0. The zero-order valence-electron chi connectivity index (χ0n) is 16.0. The number of aryl methyl sites for hydroxylation is 3. The number of halogens is 9. The van der Waals surface area contributed by atoms with Gasteiger partial charge in [0.2, 0.25) is 0 Å². The molecule has 0 amide bonds. The van der Waals surface area contributed by atoms with Crippen LogP contribution in [0, 0.1) is 20.8 Å². The van der Waals surface area contributed by atoms with Crippen molar-refractivity contribution >= 4 is 7.12 Å². The molecule has 0 aromatic carbocycles. The standard InChI is InChI=1S/C15H13BF9N6/c1-7-4-12(15(23,24)25)31(26-7)16(29-8(2)5-10(27-29)13(17,18)19)30-9(3)6-11(28-30)14(20,21)22/h4-6,16H,1-3H3/q-1. The maximum absolute atomic E-state index is 13.6. The van der Waals surface area contributed by atoms with Gasteiger partial charge in [0.15, 0.2) is 11.4 Å². The Kier molecular flexibility index (Phi) is 5.17. The van der Waals surface area contributed by atoms with Gasteiger partial charge in [0, 0.05) is 0 Å². The van der Waals surface area contributed by atoms with Gasteiger partial charge in [0.25, 0.3) is 0 Å². The third-order valence-electron chi connectivity index (χ3n) is 4.54. The molecule has 0 N–H and O–H groups in total. The van der Waals surface area contributed by atoms with E-state index in [-0.39, 0.29) is 17.1 Å². The van der Waals surface area contributed by atoms with Gasteiger partial charge in [0.1, 0.15) is 5.69 Å². The molecule has 170 valence electrons. The Bertz CT molecular complexity index is 1040. The summed E-state index contributed by atoms with van der Waals surface area (Å²) in [6.07, 6.45) is -14.8. The van der Waals surface area contributed by atoms with Gasteiger partial charge in [-0.2, -0.15) is 39.5 Å². The van der Waals surface area contributed by atoms with Crippen LogP contribution in [0.4, 0.5) is 39.5 Å². The second-order valence-corrected chi connectivity index (χ2v) is 6.93. The van der Waals surface area contributed by atoms with Crippen LogP contribution in [-0.4, -0.2) is 36.2 Å². The van der Waals surface area contributed by atoms with E-state index in [0.717, 1.165) is 13.8 Å². The molecular weight excluding hydrogens is 446 g/mol. The first-order chi connectivity index (χ1) is 14.0. The SMILES string of the molecule is Cc1cc(C(F)(F)F)n([BH-](n2nc(C(F)(F)F)cc2C)n2nc(C(F)(F)F)cc2C)n1. The summed E-state index contributed by atoms with van der Waals surface area (Å²) < 4.78 is 121. The Labute approximate surface area is 168 Å². The maximum Gasteiger partial charge on any atom is 0.435 e. The van der Waals surface area contributed by atoms with E-state index in [0.29, 0.717) is 32.0 Å². The van der Waals surface area contributed by atoms with E-state index >= 15 is 0 Å². The van der Waals surface area contributed by atoms with Crippen LogP contribution in [-0.2, 0) is 18.5 Å². The number of rotatable bonds is 3. The minimum atomic E-state index is -4.99. The van der Waals surface area contributed by atoms with Crippen LogP contribution in [0.2, 0.25) is 0 Å². The lowest BCUT2D eigenvalue weighted by Gasteiger charge is -2.31. The summed E-state index contributed by atoms with van der Waals surface area (Å²) in [7, 11) is -3.16. The first-order valence-electron chi connectivity index (χ1n) is 8.57. The second-order valence-electron chi connectivity index (χ2n) is 6.93. The average molecular weight is 459 g/mol. The van der Waals surface area contributed by atoms with Gasteiger partial charge >= 0.3 is 25.6 Å². The summed E-state index contributed by atoms with van der Waals surface area (Å²) in [6, 6.07) is 1.78. The molecule has 3 aromatic heterocycles. The van der Waals surface area contributed by atoms with Gasteiger partial charge in [-0.25, -0.2) is 15.3 Å². The van der Waals surface area contributed by atoms with Gasteiger partial charge < -0.3 is 13.8 Å². The Balaban J connectivity index is 2.33. The molecule has 0 bridgehead atoms. The zero-order chi connectivity index (χ0) is 23.5. The maximum atomic E-state index is 13.6. The van der Waals surface area contributed by atoms with Crippen molar-refractivity contribution < 1.29 is 39.5 Å². The van der Waals surface area contributed by atoms with E-state index in [1.54, 1.807) is 0 Å². The topological polar surface area (TPSA) is 53.5 Å². The van der Waals surface area contributed by atoms with E-state index < -0.39 is 42.7 Å². The molecule has 0 atom stereocenters. The molecule has 0 aliphatic heterocycles. The van der Waals surface area contributed by atoms with Gasteiger partial charge in [0.05, 0.1) is 5.69 Å². The number of aromatic nitrogens is 6. The normalized spacial score (nSPS) is 13.5. The summed E-state index contributed by atoms with van der Waals surface area (Å²) >= 11 is 0. The largest absolute Gasteiger partial charge is 0.435 e. The van der Waals surface area contributed by atoms with Gasteiger partial charge in [-0.15, -0.1) is 0 Å². The first kappa shape index (κ1) is 22.7. The Morgan fingerprint density at radius 3 is 1.35 bits per heavy atom. The van der Waals surface area contributed by atoms with Crippen molar-refractivity contribution in [2.45, 2.75) is 39.3 Å². The average Bonchev–Trinajstić information content (AvgIpc) is 3.25. The highest BCUT2D eigenvalue weighted by Gasteiger charge is 2.39. The fourth-order valence-corrected chi connectivity index (χ4v) is 3.24. The van der Waals surface area contributed by atoms with Crippen LogP contribution in [0.1, 0.15) is 34.2 Å². The summed E-state index contributed by atoms with van der Waals surface area (Å²) in [5, 5.41) is 10.4. The van der Waals surface area contributed by atoms with Crippen molar-refractivity contribution in [3.8, 4) is 0 Å². The van der Waals surface area contributed by atoms with E-state index in [9.17, 15) is 39.5 Å². The summed E-state index contributed by atoms with van der Waals surface area (Å²) in [6.45, 7) is 3.47. The Morgan fingerprint density at radius 1 is 0.613 bits per heavy atom. The predicted octanol–water partition coefficient (Wildman–Crippen LogP) is 3.92. The van der Waals surface area contributed by atoms with E-state index in [1.807, 2.05) is 0 Å². The van der Waals surface area contributed by atoms with Crippen molar-refractivity contribution in [2.75, 3.05) is 0 Å². The van der Waals surface area contributed by atoms with Crippen LogP contribution in [0.25, 0.3) is 0 Å². The molecule has 0 saturated heterocycles. The van der Waals surface area contributed by atoms with Gasteiger partial charge in [-0.05, 0) is 50.4 Å². The molecule has 3 rings (SSSR count). The molecular formula is C15H13BF9N6-. The molecule has 3 aromatic rings. The van der Waals surface area contributed by atoms with E-state index in [1.165, 1.54) is 6.92 Å². The number of hydrogen-bond donors (Lipinski definition) is 0. The molecule has 0 aliphatic rings. The number of hydrogen-bond acceptors (Lipinski definition) is 3. The first-order valence-corrected chi connectivity index (χ1v) is 8.57. The molecule has 6 nitrogen and oxygen atoms in total. The molecule has 0 aliphatic carbocycles. The van der Waals surface area contributed by atoms with E-state index in [2.05, 4.69) is 15.3 Å². The molecule has 3 heterocycles. The lowest BCUT2D eigenvalue weighted by molar-refractivity contribution is -0.143. The zero-order valence-corrected chi connectivity index (χ0v) is 16.0. The number of alkyl halides is 9. The van der Waals surface area contributed by atoms with Crippen LogP contribution in [0.15, 0.2) is 18.2 Å². The highest BCUT2D eigenvalue weighted by molar-refractivity contribution is 6.53. The van der Waals surface area contributed by atoms with Crippen LogP contribution in [0.5, 0.6) is 0 Å². The molecule has 0 unspecified atom stereocenters. The van der Waals surface area contributed by atoms with Crippen molar-refractivity contribution in [1.82, 2.24) is 29.1 Å². The van der Waals surface area contributed by atoms with Gasteiger partial charge in [-0.3, -0.25) is 0 Å². The van der Waals surface area contributed by atoms with Crippen molar-refractivity contribution in [3.05, 3.63) is 52.4 Å². The molecule has 0 fully saturated rings. The molecule has 31 heavy (non-hydrogen) atoms. The highest BCUT2D eigenvalue weighted by atomic mass is 19.4. The Hall–Kier alpha value is -2.94. The van der Waals surface area contributed by atoms with Crippen LogP contribution < -0.4 is 0 Å². The van der Waals surface area contributed by atoms with Crippen molar-refractivity contribution in [2.24, 2.45) is 0 Å². The van der Waals surface area contributed by atoms with E-state index in [4.69, 9.17) is 0 Å². The second kappa shape index (κ2) is 7.05. The molecule has 16 heteroatoms. The third-order valence-corrected chi connectivity index (χ3v) is 4.54. The minimum absolute atomic E-state index is 0.147. The Morgan fingerprint density at radius 2 is 1.03 bits per heavy atom. The lowest BCUT2D eigenvalue weighted by atomic mass is 9.93. The fourth-order valence-electron chi connectivity index (χ4n) is 3.24. The smallest absolute Gasteiger partial charge is 0.400 e. The highest BCUT2D eigenvalue weighted by Crippen LogP contribution is 2.33. The quantitative estimate of drug-likeness (QED) is 0.441. The van der Waals surface area contributed by atoms with Crippen molar-refractivity contribution in [1.29, 1.82) is 0 Å². The van der Waals surface area contributed by atoms with Crippen LogP contribution in [0.3, 0.4) is 0 Å². The summed E-state index contributed by atoms with van der Waals surface area (Å²) in [5.74, 6) is 0. The minimum Gasteiger partial charge on any atom is -0.400 e. The van der Waals surface area contributed by atoms with Gasteiger partial charge in [-0.1, -0.05) is 0 Å².